The highest BCUT2D eigenvalue weighted by molar-refractivity contribution is 7.26. The molecule has 10 unspecified atom stereocenters. The third-order valence-corrected chi connectivity index (χ3v) is 29.2. The van der Waals surface area contributed by atoms with Crippen molar-refractivity contribution in [3.8, 4) is 89.0 Å². The van der Waals surface area contributed by atoms with Crippen LogP contribution in [0.3, 0.4) is 0 Å². The summed E-state index contributed by atoms with van der Waals surface area (Å²) in [5.74, 6) is 6.72. The van der Waals surface area contributed by atoms with Gasteiger partial charge in [0.25, 0.3) is 0 Å². The van der Waals surface area contributed by atoms with Gasteiger partial charge < -0.3 is 9.80 Å². The third-order valence-electron chi connectivity index (χ3n) is 28.1. The second-order valence-corrected chi connectivity index (χ2v) is 34.1. The molecule has 1 heterocycles. The molecule has 10 atom stereocenters. The molecule has 4 bridgehead atoms. The van der Waals surface area contributed by atoms with Crippen molar-refractivity contribution in [3.63, 3.8) is 0 Å². The van der Waals surface area contributed by atoms with Gasteiger partial charge in [-0.2, -0.15) is 0 Å². The molecule has 0 radical (unpaired) electrons. The molecule has 0 aliphatic heterocycles. The summed E-state index contributed by atoms with van der Waals surface area (Å²) >= 11 is 1.89. The Labute approximate surface area is 632 Å². The van der Waals surface area contributed by atoms with Gasteiger partial charge >= 0.3 is 0 Å². The van der Waals surface area contributed by atoms with Gasteiger partial charge in [0, 0.05) is 59.3 Å². The van der Waals surface area contributed by atoms with Gasteiger partial charge in [-0.15, -0.1) is 11.3 Å². The van der Waals surface area contributed by atoms with Crippen molar-refractivity contribution in [3.05, 3.63) is 350 Å². The summed E-state index contributed by atoms with van der Waals surface area (Å²) in [5.41, 5.74) is 33.9. The number of fused-ring (bicyclic) bond motifs is 17. The minimum absolute atomic E-state index is 0.00593. The molecule has 0 saturated heterocycles. The van der Waals surface area contributed by atoms with Crippen molar-refractivity contribution in [1.82, 2.24) is 0 Å². The van der Waals surface area contributed by atoms with Crippen LogP contribution in [-0.4, -0.2) is 0 Å². The molecule has 514 valence electrons. The number of nitrogens with zero attached hydrogens (tertiary/aromatic N) is 2. The molecule has 8 aliphatic carbocycles. The van der Waals surface area contributed by atoms with E-state index in [-0.39, 0.29) is 10.8 Å². The molecular formula is C104H82N2S. The molecule has 6 fully saturated rings. The number of rotatable bonds is 12. The van der Waals surface area contributed by atoms with E-state index in [0.29, 0.717) is 5.92 Å². The normalized spacial score (nSPS) is 23.4. The fourth-order valence-corrected chi connectivity index (χ4v) is 24.5. The first-order valence-electron chi connectivity index (χ1n) is 39.7. The molecule has 6 saturated carbocycles. The molecule has 0 amide bonds. The maximum Gasteiger partial charge on any atom is 0.0555 e. The molecule has 0 N–H and O–H groups in total. The lowest BCUT2D eigenvalue weighted by molar-refractivity contribution is 0.0400. The summed E-state index contributed by atoms with van der Waals surface area (Å²) in [6, 6.07) is 126. The first kappa shape index (κ1) is 62.1. The maximum atomic E-state index is 2.61. The summed E-state index contributed by atoms with van der Waals surface area (Å²) in [7, 11) is 0. The molecule has 23 rings (SSSR count). The first-order chi connectivity index (χ1) is 52.9. The van der Waals surface area contributed by atoms with E-state index in [9.17, 15) is 0 Å². The summed E-state index contributed by atoms with van der Waals surface area (Å²) in [4.78, 5) is 5.02. The molecular weight excluding hydrogens is 1310 g/mol. The third kappa shape index (κ3) is 9.55. The van der Waals surface area contributed by atoms with Crippen LogP contribution < -0.4 is 9.80 Å². The number of benzene rings is 14. The first-order valence-corrected chi connectivity index (χ1v) is 40.5. The van der Waals surface area contributed by atoms with Crippen LogP contribution in [-0.2, 0) is 10.8 Å². The number of hydrogen-bond acceptors (Lipinski definition) is 3. The largest absolute Gasteiger partial charge is 0.310 e. The molecule has 3 heteroatoms. The van der Waals surface area contributed by atoms with Gasteiger partial charge in [0.2, 0.25) is 0 Å². The van der Waals surface area contributed by atoms with E-state index in [1.807, 2.05) is 11.3 Å². The lowest BCUT2D eigenvalue weighted by Crippen LogP contribution is -2.47. The summed E-state index contributed by atoms with van der Waals surface area (Å²) < 4.78 is 2.60. The van der Waals surface area contributed by atoms with Gasteiger partial charge in [-0.1, -0.05) is 231 Å². The van der Waals surface area contributed by atoms with Gasteiger partial charge in [-0.3, -0.25) is 0 Å². The Hall–Kier alpha value is -11.1. The van der Waals surface area contributed by atoms with E-state index in [4.69, 9.17) is 0 Å². The SMILES string of the molecule is c1ccc(-c2ccc(N(c3ccc(-c4cccc(-c5ccc6c(c5)-c5cc(-c7ccccc7N(c7cccc(-c8ccccc8)c7)c7cccc8sc9ccccc9c78)ccc5C65CCC6CC7CC5C7C6)c4)cc3)c3cccc(-c4ccc5c(c4)-c4ccccc4C54CCC5CC6CC4C6C5)c3)cc2)cc1. The fraction of sp³-hybridized carbons (Fsp3) is 0.192. The molecule has 107 heavy (non-hydrogen) atoms. The van der Waals surface area contributed by atoms with Crippen LogP contribution in [0.25, 0.3) is 109 Å². The van der Waals surface area contributed by atoms with Crippen molar-refractivity contribution < 1.29 is 0 Å². The molecule has 2 nitrogen and oxygen atoms in total. The molecule has 2 spiro atoms. The Morgan fingerprint density at radius 1 is 0.262 bits per heavy atom. The Kier molecular flexibility index (Phi) is 14.1. The van der Waals surface area contributed by atoms with E-state index in [0.717, 1.165) is 64.2 Å². The quantitative estimate of drug-likeness (QED) is 0.120. The molecule has 14 aromatic carbocycles. The lowest BCUT2D eigenvalue weighted by Gasteiger charge is -2.52. The Balaban J connectivity index is 0.609. The highest BCUT2D eigenvalue weighted by atomic mass is 32.1. The zero-order chi connectivity index (χ0) is 70.1. The van der Waals surface area contributed by atoms with E-state index in [1.54, 1.807) is 22.3 Å². The van der Waals surface area contributed by atoms with Crippen LogP contribution in [0.15, 0.2) is 328 Å². The summed E-state index contributed by atoms with van der Waals surface area (Å²) in [5, 5.41) is 2.58. The second kappa shape index (κ2) is 24.2. The Bertz CT molecular complexity index is 6070. The van der Waals surface area contributed by atoms with Crippen LogP contribution in [0.4, 0.5) is 34.1 Å². The van der Waals surface area contributed by atoms with E-state index in [2.05, 4.69) is 337 Å². The average Bonchev–Trinajstić information content (AvgIpc) is 1.53. The van der Waals surface area contributed by atoms with Crippen LogP contribution in [0.5, 0.6) is 0 Å². The number of hydrogen-bond donors (Lipinski definition) is 0. The van der Waals surface area contributed by atoms with Gasteiger partial charge in [0.1, 0.15) is 0 Å². The van der Waals surface area contributed by atoms with Gasteiger partial charge in [-0.25, -0.2) is 0 Å². The average molecular weight is 1390 g/mol. The zero-order valence-electron chi connectivity index (χ0n) is 60.2. The summed E-state index contributed by atoms with van der Waals surface area (Å²) in [6.07, 6.45) is 13.7. The number of thiophene rings is 1. The highest BCUT2D eigenvalue weighted by Crippen LogP contribution is 2.72. The minimum atomic E-state index is 0.00593. The lowest BCUT2D eigenvalue weighted by atomic mass is 9.51. The van der Waals surface area contributed by atoms with Crippen molar-refractivity contribution in [1.29, 1.82) is 0 Å². The van der Waals surface area contributed by atoms with Gasteiger partial charge in [-0.05, 0) is 314 Å². The fourth-order valence-electron chi connectivity index (χ4n) is 23.4. The standard InChI is InChI=1S/C104H82N2S/c1-3-17-67(18-4-1)69-35-42-80(43-36-69)105(82-25-15-24-74(59-82)76-40-46-93-89(60-76)85-28-7-10-30-92(85)103(93)51-49-65-53-78-63-96(103)87(78)55-65)81-44-37-70(38-45-81)71-21-13-22-72(57-71)75-39-47-94-90(61-75)91-62-77(41-48-95(91)104(94)52-50-66-54-79-64-97(104)88(79)56-66)84-27-8-11-31-98(84)106(83-26-14-23-73(58-83)68-19-5-2-6-20-68)99-32-16-34-101-102(99)86-29-9-12-33-100(86)107-101/h1-48,57-62,65-66,78-79,87-88,96-97H,49-56,63-64H2. The zero-order valence-corrected chi connectivity index (χ0v) is 61.0. The van der Waals surface area contributed by atoms with Crippen molar-refractivity contribution in [2.75, 3.05) is 9.80 Å². The van der Waals surface area contributed by atoms with Crippen LogP contribution in [0.1, 0.15) is 86.5 Å². The van der Waals surface area contributed by atoms with E-state index < -0.39 is 0 Å². The Morgan fingerprint density at radius 2 is 0.673 bits per heavy atom. The van der Waals surface area contributed by atoms with Crippen molar-refractivity contribution in [2.45, 2.75) is 75.0 Å². The molecule has 8 aliphatic rings. The minimum Gasteiger partial charge on any atom is -0.310 e. The predicted octanol–water partition coefficient (Wildman–Crippen LogP) is 28.4. The second-order valence-electron chi connectivity index (χ2n) is 33.0. The number of para-hydroxylation sites is 1. The smallest absolute Gasteiger partial charge is 0.0555 e. The van der Waals surface area contributed by atoms with Gasteiger partial charge in [0.05, 0.1) is 11.4 Å². The highest BCUT2D eigenvalue weighted by Gasteiger charge is 2.63. The molecule has 1 aromatic heterocycles. The Morgan fingerprint density at radius 3 is 1.31 bits per heavy atom. The van der Waals surface area contributed by atoms with Crippen molar-refractivity contribution >= 4 is 65.6 Å². The van der Waals surface area contributed by atoms with Crippen molar-refractivity contribution in [2.24, 2.45) is 47.3 Å². The number of anilines is 6. The maximum absolute atomic E-state index is 2.61. The van der Waals surface area contributed by atoms with E-state index in [1.165, 1.54) is 185 Å². The van der Waals surface area contributed by atoms with Gasteiger partial charge in [0.15, 0.2) is 0 Å². The monoisotopic (exact) mass is 1390 g/mol. The van der Waals surface area contributed by atoms with Crippen LogP contribution in [0, 0.1) is 47.3 Å². The van der Waals surface area contributed by atoms with E-state index >= 15 is 0 Å². The van der Waals surface area contributed by atoms with Crippen LogP contribution >= 0.6 is 11.3 Å². The topological polar surface area (TPSA) is 6.48 Å². The molecule has 15 aromatic rings. The predicted molar refractivity (Wildman–Crippen MR) is 448 cm³/mol. The summed E-state index contributed by atoms with van der Waals surface area (Å²) in [6.45, 7) is 0. The van der Waals surface area contributed by atoms with Crippen LogP contribution in [0.2, 0.25) is 0 Å².